The fourth-order valence-corrected chi connectivity index (χ4v) is 4.26. The molecule has 0 atom stereocenters. The molecule has 1 aliphatic rings. The molecule has 178 valence electrons. The minimum absolute atomic E-state index is 0.187. The number of hydrogen-bond acceptors (Lipinski definition) is 7. The number of rotatable bonds is 4. The van der Waals surface area contributed by atoms with Crippen LogP contribution in [0.1, 0.15) is 17.3 Å². The van der Waals surface area contributed by atoms with Crippen molar-refractivity contribution < 1.29 is 14.3 Å². The van der Waals surface area contributed by atoms with Gasteiger partial charge in [0.15, 0.2) is 0 Å². The van der Waals surface area contributed by atoms with Crippen molar-refractivity contribution in [1.29, 1.82) is 0 Å². The molecule has 1 fully saturated rings. The number of para-hydroxylation sites is 1. The van der Waals surface area contributed by atoms with Crippen molar-refractivity contribution in [1.82, 2.24) is 24.5 Å². The molecule has 9 nitrogen and oxygen atoms in total. The van der Waals surface area contributed by atoms with Gasteiger partial charge in [0.1, 0.15) is 5.75 Å². The number of piperazine rings is 1. The molecule has 35 heavy (non-hydrogen) atoms. The third-order valence-electron chi connectivity index (χ3n) is 5.67. The lowest BCUT2D eigenvalue weighted by atomic mass is 10.1. The highest BCUT2D eigenvalue weighted by molar-refractivity contribution is 6.42. The molecule has 0 N–H and O–H groups in total. The van der Waals surface area contributed by atoms with Gasteiger partial charge in [0, 0.05) is 44.9 Å². The predicted octanol–water partition coefficient (Wildman–Crippen LogP) is 3.99. The minimum Gasteiger partial charge on any atom is -0.426 e. The van der Waals surface area contributed by atoms with Crippen molar-refractivity contribution in [2.45, 2.75) is 6.92 Å². The molecule has 0 saturated carbocycles. The van der Waals surface area contributed by atoms with Gasteiger partial charge in [-0.2, -0.15) is 9.50 Å². The Morgan fingerprint density at radius 2 is 1.74 bits per heavy atom. The summed E-state index contributed by atoms with van der Waals surface area (Å²) in [4.78, 5) is 37.1. The maximum atomic E-state index is 13.1. The number of fused-ring (bicyclic) bond motifs is 1. The van der Waals surface area contributed by atoms with E-state index in [4.69, 9.17) is 27.9 Å². The number of amides is 1. The summed E-state index contributed by atoms with van der Waals surface area (Å²) in [5, 5.41) is 5.60. The molecule has 5 rings (SSSR count). The summed E-state index contributed by atoms with van der Waals surface area (Å²) in [6.45, 7) is 3.33. The topological polar surface area (TPSA) is 92.9 Å². The SMILES string of the molecule is CC(=O)Oc1ccccc1C(=O)N1CCN(c2nc3nccc(-c4ccc(Cl)c(Cl)c4)n3n2)CC1. The highest BCUT2D eigenvalue weighted by atomic mass is 35.5. The van der Waals surface area contributed by atoms with Crippen LogP contribution in [0.15, 0.2) is 54.7 Å². The van der Waals surface area contributed by atoms with Gasteiger partial charge in [-0.05, 0) is 30.3 Å². The Bertz CT molecular complexity index is 1430. The number of hydrogen-bond donors (Lipinski definition) is 0. The normalized spacial score (nSPS) is 13.8. The van der Waals surface area contributed by atoms with Crippen LogP contribution in [0.2, 0.25) is 10.0 Å². The second-order valence-corrected chi connectivity index (χ2v) is 8.77. The van der Waals surface area contributed by atoms with Crippen LogP contribution in [0.4, 0.5) is 5.95 Å². The highest BCUT2D eigenvalue weighted by Crippen LogP contribution is 2.29. The number of benzene rings is 2. The lowest BCUT2D eigenvalue weighted by molar-refractivity contribution is -0.131. The van der Waals surface area contributed by atoms with Crippen LogP contribution in [0.3, 0.4) is 0 Å². The van der Waals surface area contributed by atoms with Gasteiger partial charge in [-0.1, -0.05) is 41.4 Å². The van der Waals surface area contributed by atoms with E-state index in [1.807, 2.05) is 17.0 Å². The Hall–Kier alpha value is -3.69. The van der Waals surface area contributed by atoms with Gasteiger partial charge in [0.2, 0.25) is 5.95 Å². The monoisotopic (exact) mass is 510 g/mol. The molecule has 0 radical (unpaired) electrons. The molecule has 2 aromatic carbocycles. The molecule has 3 heterocycles. The van der Waals surface area contributed by atoms with Crippen molar-refractivity contribution in [3.8, 4) is 17.0 Å². The Kier molecular flexibility index (Phi) is 6.27. The zero-order valence-corrected chi connectivity index (χ0v) is 20.2. The number of nitrogens with zero attached hydrogens (tertiary/aromatic N) is 6. The number of carbonyl (C=O) groups excluding carboxylic acids is 2. The smallest absolute Gasteiger partial charge is 0.308 e. The predicted molar refractivity (Wildman–Crippen MR) is 132 cm³/mol. The number of carbonyl (C=O) groups is 2. The number of halogens is 2. The van der Waals surface area contributed by atoms with E-state index < -0.39 is 5.97 Å². The molecule has 11 heteroatoms. The third kappa shape index (κ3) is 4.65. The third-order valence-corrected chi connectivity index (χ3v) is 6.40. The van der Waals surface area contributed by atoms with E-state index in [-0.39, 0.29) is 11.7 Å². The first-order valence-corrected chi connectivity index (χ1v) is 11.6. The first-order valence-electron chi connectivity index (χ1n) is 10.9. The zero-order valence-electron chi connectivity index (χ0n) is 18.7. The lowest BCUT2D eigenvalue weighted by Crippen LogP contribution is -2.49. The van der Waals surface area contributed by atoms with Crippen LogP contribution >= 0.6 is 23.2 Å². The molecule has 1 saturated heterocycles. The fraction of sp³-hybridized carbons (Fsp3) is 0.208. The van der Waals surface area contributed by atoms with Crippen LogP contribution in [-0.4, -0.2) is 62.5 Å². The summed E-state index contributed by atoms with van der Waals surface area (Å²) in [5.74, 6) is 0.583. The zero-order chi connectivity index (χ0) is 24.5. The van der Waals surface area contributed by atoms with Crippen molar-refractivity contribution in [2.24, 2.45) is 0 Å². The Morgan fingerprint density at radius 3 is 2.49 bits per heavy atom. The summed E-state index contributed by atoms with van der Waals surface area (Å²) in [6, 6.07) is 14.0. The van der Waals surface area contributed by atoms with Crippen LogP contribution in [0, 0.1) is 0 Å². The maximum Gasteiger partial charge on any atom is 0.308 e. The number of esters is 1. The maximum absolute atomic E-state index is 13.1. The molecule has 2 aromatic heterocycles. The first kappa shape index (κ1) is 23.1. The molecule has 0 unspecified atom stereocenters. The van der Waals surface area contributed by atoms with Crippen LogP contribution in [-0.2, 0) is 4.79 Å². The molecule has 1 amide bonds. The van der Waals surface area contributed by atoms with Gasteiger partial charge >= 0.3 is 5.97 Å². The van der Waals surface area contributed by atoms with Crippen LogP contribution in [0.5, 0.6) is 5.75 Å². The highest BCUT2D eigenvalue weighted by Gasteiger charge is 2.26. The quantitative estimate of drug-likeness (QED) is 0.302. The summed E-state index contributed by atoms with van der Waals surface area (Å²) < 4.78 is 6.87. The van der Waals surface area contributed by atoms with Crippen molar-refractivity contribution in [3.63, 3.8) is 0 Å². The van der Waals surface area contributed by atoms with Crippen molar-refractivity contribution >= 4 is 46.8 Å². The van der Waals surface area contributed by atoms with Crippen LogP contribution < -0.4 is 9.64 Å². The van der Waals surface area contributed by atoms with E-state index in [9.17, 15) is 9.59 Å². The molecular formula is C24H20Cl2N6O3. The summed E-state index contributed by atoms with van der Waals surface area (Å²) in [7, 11) is 0. The molecule has 0 aliphatic carbocycles. The van der Waals surface area contributed by atoms with Gasteiger partial charge in [0.05, 0.1) is 21.3 Å². The Labute approximate surface area is 210 Å². The second-order valence-electron chi connectivity index (χ2n) is 7.95. The fourth-order valence-electron chi connectivity index (χ4n) is 3.96. The summed E-state index contributed by atoms with van der Waals surface area (Å²) in [6.07, 6.45) is 1.67. The molecular weight excluding hydrogens is 491 g/mol. The minimum atomic E-state index is -0.471. The molecule has 0 bridgehead atoms. The number of ether oxygens (including phenoxy) is 1. The summed E-state index contributed by atoms with van der Waals surface area (Å²) in [5.41, 5.74) is 1.98. The lowest BCUT2D eigenvalue weighted by Gasteiger charge is -2.34. The van der Waals surface area contributed by atoms with E-state index in [2.05, 4.69) is 15.1 Å². The van der Waals surface area contributed by atoms with Gasteiger partial charge in [-0.15, -0.1) is 5.10 Å². The van der Waals surface area contributed by atoms with Crippen LogP contribution in [0.25, 0.3) is 17.0 Å². The molecule has 1 aliphatic heterocycles. The van der Waals surface area contributed by atoms with E-state index in [0.717, 1.165) is 11.3 Å². The summed E-state index contributed by atoms with van der Waals surface area (Å²) >= 11 is 12.3. The Balaban J connectivity index is 1.34. The van der Waals surface area contributed by atoms with Crippen molar-refractivity contribution in [3.05, 3.63) is 70.3 Å². The van der Waals surface area contributed by atoms with Gasteiger partial charge in [0.25, 0.3) is 11.7 Å². The van der Waals surface area contributed by atoms with Crippen molar-refractivity contribution in [2.75, 3.05) is 31.1 Å². The second kappa shape index (κ2) is 9.52. The molecule has 0 spiro atoms. The van der Waals surface area contributed by atoms with Gasteiger partial charge in [-0.25, -0.2) is 4.98 Å². The average Bonchev–Trinajstić information content (AvgIpc) is 3.30. The van der Waals surface area contributed by atoms with E-state index in [1.165, 1.54) is 6.92 Å². The average molecular weight is 511 g/mol. The number of anilines is 1. The standard InChI is InChI=1S/C24H20Cl2N6O3/c1-15(33)35-21-5-3-2-4-17(21)22(34)30-10-12-31(13-11-30)24-28-23-27-9-8-20(32(23)29-24)16-6-7-18(25)19(26)14-16/h2-9,14H,10-13H2,1H3. The molecule has 4 aromatic rings. The number of aromatic nitrogens is 4. The van der Waals surface area contributed by atoms with Gasteiger partial charge < -0.3 is 14.5 Å². The van der Waals surface area contributed by atoms with Gasteiger partial charge in [-0.3, -0.25) is 9.59 Å². The van der Waals surface area contributed by atoms with E-state index in [0.29, 0.717) is 53.5 Å². The first-order chi connectivity index (χ1) is 16.9. The largest absolute Gasteiger partial charge is 0.426 e. The van der Waals surface area contributed by atoms with E-state index in [1.54, 1.807) is 52.0 Å². The Morgan fingerprint density at radius 1 is 0.971 bits per heavy atom. The van der Waals surface area contributed by atoms with E-state index >= 15 is 0 Å².